The van der Waals surface area contributed by atoms with Gasteiger partial charge in [-0.3, -0.25) is 0 Å². The Morgan fingerprint density at radius 2 is 1.88 bits per heavy atom. The van der Waals surface area contributed by atoms with Crippen molar-refractivity contribution in [2.24, 2.45) is 4.99 Å². The first-order valence-electron chi connectivity index (χ1n) is 8.44. The van der Waals surface area contributed by atoms with Crippen molar-refractivity contribution in [1.29, 1.82) is 0 Å². The molecule has 0 fully saturated rings. The number of aliphatic hydroxyl groups is 1. The van der Waals surface area contributed by atoms with Gasteiger partial charge in [-0.1, -0.05) is 30.3 Å². The van der Waals surface area contributed by atoms with Gasteiger partial charge in [0.2, 0.25) is 5.90 Å². The van der Waals surface area contributed by atoms with Crippen molar-refractivity contribution < 1.29 is 24.1 Å². The van der Waals surface area contributed by atoms with Crippen LogP contribution < -0.4 is 4.74 Å². The highest BCUT2D eigenvalue weighted by atomic mass is 16.5. The first-order valence-corrected chi connectivity index (χ1v) is 8.44. The van der Waals surface area contributed by atoms with Crippen molar-refractivity contribution in [3.63, 3.8) is 0 Å². The molecule has 0 saturated carbocycles. The Morgan fingerprint density at radius 3 is 2.54 bits per heavy atom. The molecule has 0 radical (unpaired) electrons. The van der Waals surface area contributed by atoms with Crippen molar-refractivity contribution in [2.45, 2.75) is 18.6 Å². The van der Waals surface area contributed by atoms with Crippen LogP contribution in [0.15, 0.2) is 59.6 Å². The average Bonchev–Trinajstić information content (AvgIpc) is 3.14. The summed E-state index contributed by atoms with van der Waals surface area (Å²) >= 11 is 0. The van der Waals surface area contributed by atoms with E-state index in [-0.39, 0.29) is 6.61 Å². The van der Waals surface area contributed by atoms with E-state index in [0.717, 1.165) is 11.1 Å². The predicted octanol–water partition coefficient (Wildman–Crippen LogP) is 2.51. The Balaban J connectivity index is 1.78. The summed E-state index contributed by atoms with van der Waals surface area (Å²) in [7, 11) is 1.34. The fraction of sp³-hybridized carbons (Fsp3) is 0.300. The third kappa shape index (κ3) is 4.03. The highest BCUT2D eigenvalue weighted by Gasteiger charge is 2.38. The third-order valence-corrected chi connectivity index (χ3v) is 4.02. The zero-order valence-corrected chi connectivity index (χ0v) is 14.5. The first-order chi connectivity index (χ1) is 12.7. The summed E-state index contributed by atoms with van der Waals surface area (Å²) in [5.41, 5.74) is 1.62. The molecule has 0 unspecified atom stereocenters. The maximum absolute atomic E-state index is 12.1. The second-order valence-electron chi connectivity index (χ2n) is 5.80. The van der Waals surface area contributed by atoms with Gasteiger partial charge in [0.15, 0.2) is 12.1 Å². The standard InChI is InChI=1S/C20H21NO5/c1-24-20(23)17-18(14-6-3-2-4-7-14)26-19(21-17)15-8-10-16(11-9-15)25-13-5-12-22/h2-4,6-11,17-18,22H,5,12-13H2,1H3/t17-,18-/m1/s1. The van der Waals surface area contributed by atoms with Gasteiger partial charge in [-0.25, -0.2) is 9.79 Å². The van der Waals surface area contributed by atoms with Crippen LogP contribution in [-0.4, -0.2) is 43.3 Å². The summed E-state index contributed by atoms with van der Waals surface area (Å²) < 4.78 is 16.4. The molecule has 2 aromatic carbocycles. The highest BCUT2D eigenvalue weighted by Crippen LogP contribution is 2.32. The molecule has 6 heteroatoms. The zero-order valence-electron chi connectivity index (χ0n) is 14.5. The molecule has 3 rings (SSSR count). The van der Waals surface area contributed by atoms with Crippen LogP contribution in [0, 0.1) is 0 Å². The van der Waals surface area contributed by atoms with Crippen molar-refractivity contribution in [2.75, 3.05) is 20.3 Å². The molecule has 6 nitrogen and oxygen atoms in total. The van der Waals surface area contributed by atoms with Crippen molar-refractivity contribution >= 4 is 11.9 Å². The Labute approximate surface area is 152 Å². The van der Waals surface area contributed by atoms with Crippen LogP contribution in [0.4, 0.5) is 0 Å². The summed E-state index contributed by atoms with van der Waals surface area (Å²) in [6, 6.07) is 16.0. The molecule has 1 aliphatic rings. The number of rotatable bonds is 7. The molecule has 0 saturated heterocycles. The number of benzene rings is 2. The fourth-order valence-electron chi connectivity index (χ4n) is 2.69. The van der Waals surface area contributed by atoms with Gasteiger partial charge < -0.3 is 19.3 Å². The van der Waals surface area contributed by atoms with Crippen LogP contribution >= 0.6 is 0 Å². The molecular formula is C20H21NO5. The van der Waals surface area contributed by atoms with Gasteiger partial charge in [-0.05, 0) is 29.8 Å². The Morgan fingerprint density at radius 1 is 1.15 bits per heavy atom. The van der Waals surface area contributed by atoms with E-state index >= 15 is 0 Å². The highest BCUT2D eigenvalue weighted by molar-refractivity contribution is 5.98. The molecule has 0 bridgehead atoms. The summed E-state index contributed by atoms with van der Waals surface area (Å²) in [5.74, 6) is 0.666. The molecule has 0 aromatic heterocycles. The number of aliphatic imine (C=N–C) groups is 1. The number of esters is 1. The molecular weight excluding hydrogens is 334 g/mol. The molecule has 1 N–H and O–H groups in total. The van der Waals surface area contributed by atoms with E-state index in [1.165, 1.54) is 7.11 Å². The van der Waals surface area contributed by atoms with Gasteiger partial charge in [-0.15, -0.1) is 0 Å². The predicted molar refractivity (Wildman–Crippen MR) is 96.2 cm³/mol. The lowest BCUT2D eigenvalue weighted by molar-refractivity contribution is -0.143. The molecule has 136 valence electrons. The van der Waals surface area contributed by atoms with Crippen molar-refractivity contribution in [3.8, 4) is 5.75 Å². The van der Waals surface area contributed by atoms with Gasteiger partial charge in [-0.2, -0.15) is 0 Å². The van der Waals surface area contributed by atoms with Crippen LogP contribution in [-0.2, 0) is 14.3 Å². The largest absolute Gasteiger partial charge is 0.494 e. The number of hydrogen-bond donors (Lipinski definition) is 1. The summed E-state index contributed by atoms with van der Waals surface area (Å²) in [6.07, 6.45) is 0.0658. The van der Waals surface area contributed by atoms with Crippen LogP contribution in [0.25, 0.3) is 0 Å². The van der Waals surface area contributed by atoms with E-state index in [9.17, 15) is 4.79 Å². The van der Waals surface area contributed by atoms with E-state index in [4.69, 9.17) is 19.3 Å². The van der Waals surface area contributed by atoms with Gasteiger partial charge in [0.25, 0.3) is 0 Å². The molecule has 0 spiro atoms. The Hall–Kier alpha value is -2.86. The molecule has 0 amide bonds. The van der Waals surface area contributed by atoms with Gasteiger partial charge in [0.05, 0.1) is 13.7 Å². The monoisotopic (exact) mass is 355 g/mol. The minimum Gasteiger partial charge on any atom is -0.494 e. The van der Waals surface area contributed by atoms with Crippen LogP contribution in [0.2, 0.25) is 0 Å². The normalized spacial score (nSPS) is 18.8. The summed E-state index contributed by atoms with van der Waals surface area (Å²) in [6.45, 7) is 0.548. The molecule has 0 aliphatic carbocycles. The lowest BCUT2D eigenvalue weighted by Gasteiger charge is -2.16. The summed E-state index contributed by atoms with van der Waals surface area (Å²) in [5, 5.41) is 8.79. The number of aliphatic hydroxyl groups excluding tert-OH is 1. The minimum atomic E-state index is -0.738. The molecule has 2 aromatic rings. The van der Waals surface area contributed by atoms with Gasteiger partial charge in [0, 0.05) is 18.6 Å². The molecule has 26 heavy (non-hydrogen) atoms. The SMILES string of the molecule is COC(=O)[C@@H]1N=C(c2ccc(OCCCO)cc2)O[C@@H]1c1ccccc1. The Bertz CT molecular complexity index is 758. The zero-order chi connectivity index (χ0) is 18.4. The smallest absolute Gasteiger partial charge is 0.335 e. The van der Waals surface area contributed by atoms with Crippen LogP contribution in [0.1, 0.15) is 23.7 Å². The molecule has 1 heterocycles. The number of carbonyl (C=O) groups excluding carboxylic acids is 1. The number of hydrogen-bond acceptors (Lipinski definition) is 6. The van der Waals surface area contributed by atoms with E-state index in [2.05, 4.69) is 4.99 Å². The number of ether oxygens (including phenoxy) is 3. The number of carbonyl (C=O) groups is 1. The minimum absolute atomic E-state index is 0.0958. The van der Waals surface area contributed by atoms with Crippen molar-refractivity contribution in [1.82, 2.24) is 0 Å². The van der Waals surface area contributed by atoms with Crippen LogP contribution in [0.5, 0.6) is 5.75 Å². The summed E-state index contributed by atoms with van der Waals surface area (Å²) in [4.78, 5) is 16.6. The second-order valence-corrected chi connectivity index (χ2v) is 5.80. The van der Waals surface area contributed by atoms with E-state index in [0.29, 0.717) is 24.7 Å². The second kappa shape index (κ2) is 8.49. The van der Waals surface area contributed by atoms with Gasteiger partial charge in [0.1, 0.15) is 5.75 Å². The number of methoxy groups -OCH3 is 1. The van der Waals surface area contributed by atoms with E-state index < -0.39 is 18.1 Å². The number of nitrogens with zero attached hydrogens (tertiary/aromatic N) is 1. The molecule has 2 atom stereocenters. The van der Waals surface area contributed by atoms with E-state index in [1.54, 1.807) is 0 Å². The van der Waals surface area contributed by atoms with E-state index in [1.807, 2.05) is 54.6 Å². The lowest BCUT2D eigenvalue weighted by Crippen LogP contribution is -2.25. The Kier molecular flexibility index (Phi) is 5.86. The van der Waals surface area contributed by atoms with Crippen LogP contribution in [0.3, 0.4) is 0 Å². The molecule has 1 aliphatic heterocycles. The third-order valence-electron chi connectivity index (χ3n) is 4.02. The quantitative estimate of drug-likeness (QED) is 0.610. The lowest BCUT2D eigenvalue weighted by atomic mass is 10.0. The maximum Gasteiger partial charge on any atom is 0.335 e. The van der Waals surface area contributed by atoms with Crippen molar-refractivity contribution in [3.05, 3.63) is 65.7 Å². The van der Waals surface area contributed by atoms with Gasteiger partial charge >= 0.3 is 5.97 Å². The first kappa shape index (κ1) is 17.9. The average molecular weight is 355 g/mol. The maximum atomic E-state index is 12.1. The topological polar surface area (TPSA) is 77.4 Å². The fourth-order valence-corrected chi connectivity index (χ4v) is 2.69.